The van der Waals surface area contributed by atoms with E-state index in [4.69, 9.17) is 4.42 Å². The summed E-state index contributed by atoms with van der Waals surface area (Å²) in [7, 11) is 1.82. The number of halogens is 1. The van der Waals surface area contributed by atoms with E-state index in [2.05, 4.69) is 26.6 Å². The number of aryl methyl sites for hydroxylation is 2. The molecule has 0 aliphatic carbocycles. The number of furan rings is 1. The number of rotatable bonds is 6. The maximum absolute atomic E-state index is 5.55. The van der Waals surface area contributed by atoms with E-state index in [0.717, 1.165) is 37.0 Å². The van der Waals surface area contributed by atoms with Gasteiger partial charge in [-0.15, -0.1) is 24.0 Å². The predicted molar refractivity (Wildman–Crippen MR) is 111 cm³/mol. The van der Waals surface area contributed by atoms with E-state index in [1.165, 1.54) is 50.9 Å². The molecule has 5 nitrogen and oxygen atoms in total. The highest BCUT2D eigenvalue weighted by molar-refractivity contribution is 14.0. The van der Waals surface area contributed by atoms with Crippen LogP contribution in [0.1, 0.15) is 49.2 Å². The van der Waals surface area contributed by atoms with Gasteiger partial charge >= 0.3 is 0 Å². The van der Waals surface area contributed by atoms with E-state index in [1.807, 2.05) is 20.9 Å². The van der Waals surface area contributed by atoms with Crippen molar-refractivity contribution in [2.24, 2.45) is 4.99 Å². The van der Waals surface area contributed by atoms with Gasteiger partial charge in [0.1, 0.15) is 11.5 Å². The minimum absolute atomic E-state index is 0. The summed E-state index contributed by atoms with van der Waals surface area (Å²) in [6, 6.07) is 2.08. The van der Waals surface area contributed by atoms with Crippen molar-refractivity contribution in [3.8, 4) is 0 Å². The summed E-state index contributed by atoms with van der Waals surface area (Å²) in [4.78, 5) is 6.89. The smallest absolute Gasteiger partial charge is 0.191 e. The second-order valence-corrected chi connectivity index (χ2v) is 6.40. The average molecular weight is 448 g/mol. The summed E-state index contributed by atoms with van der Waals surface area (Å²) in [6.45, 7) is 9.41. The van der Waals surface area contributed by atoms with Crippen molar-refractivity contribution in [2.75, 3.05) is 33.2 Å². The van der Waals surface area contributed by atoms with Gasteiger partial charge in [-0.25, -0.2) is 0 Å². The van der Waals surface area contributed by atoms with Crippen LogP contribution in [-0.2, 0) is 6.54 Å². The Bertz CT molecular complexity index is 493. The molecule has 0 atom stereocenters. The summed E-state index contributed by atoms with van der Waals surface area (Å²) in [5, 5.41) is 6.76. The van der Waals surface area contributed by atoms with Crippen LogP contribution in [0.25, 0.3) is 0 Å². The van der Waals surface area contributed by atoms with E-state index in [9.17, 15) is 0 Å². The zero-order chi connectivity index (χ0) is 16.5. The van der Waals surface area contributed by atoms with Crippen molar-refractivity contribution in [1.82, 2.24) is 15.5 Å². The molecule has 2 rings (SSSR count). The van der Waals surface area contributed by atoms with Crippen molar-refractivity contribution in [1.29, 1.82) is 0 Å². The van der Waals surface area contributed by atoms with Crippen LogP contribution in [0, 0.1) is 13.8 Å². The Labute approximate surface area is 163 Å². The number of nitrogens with one attached hydrogen (secondary N) is 2. The molecule has 0 bridgehead atoms. The van der Waals surface area contributed by atoms with Crippen LogP contribution in [0.15, 0.2) is 15.5 Å². The van der Waals surface area contributed by atoms with Gasteiger partial charge in [-0.05, 0) is 58.8 Å². The lowest BCUT2D eigenvalue weighted by molar-refractivity contribution is 0.282. The lowest BCUT2D eigenvalue weighted by Gasteiger charge is -2.20. The molecule has 0 amide bonds. The molecule has 24 heavy (non-hydrogen) atoms. The van der Waals surface area contributed by atoms with Crippen molar-refractivity contribution in [3.05, 3.63) is 23.2 Å². The number of hydrogen-bond acceptors (Lipinski definition) is 3. The van der Waals surface area contributed by atoms with E-state index in [-0.39, 0.29) is 24.0 Å². The number of guanidine groups is 1. The number of aliphatic imine (C=N–C) groups is 1. The molecule has 0 radical (unpaired) electrons. The van der Waals surface area contributed by atoms with Gasteiger partial charge < -0.3 is 20.0 Å². The molecule has 2 heterocycles. The van der Waals surface area contributed by atoms with Gasteiger partial charge in [-0.1, -0.05) is 12.8 Å². The molecule has 138 valence electrons. The van der Waals surface area contributed by atoms with E-state index in [1.54, 1.807) is 0 Å². The first-order valence-electron chi connectivity index (χ1n) is 8.92. The Morgan fingerprint density at radius 3 is 2.46 bits per heavy atom. The molecule has 1 aliphatic heterocycles. The fourth-order valence-electron chi connectivity index (χ4n) is 3.13. The minimum Gasteiger partial charge on any atom is -0.466 e. The molecule has 0 saturated carbocycles. The summed E-state index contributed by atoms with van der Waals surface area (Å²) in [6.07, 6.45) is 6.68. The van der Waals surface area contributed by atoms with Crippen LogP contribution in [-0.4, -0.2) is 44.1 Å². The van der Waals surface area contributed by atoms with Gasteiger partial charge in [0.05, 0.1) is 0 Å². The van der Waals surface area contributed by atoms with E-state index >= 15 is 0 Å². The minimum atomic E-state index is 0. The Balaban J connectivity index is 0.00000288. The molecule has 6 heteroatoms. The molecule has 1 aromatic rings. The Morgan fingerprint density at radius 1 is 1.17 bits per heavy atom. The fourth-order valence-corrected chi connectivity index (χ4v) is 3.13. The van der Waals surface area contributed by atoms with Crippen molar-refractivity contribution >= 4 is 29.9 Å². The van der Waals surface area contributed by atoms with Crippen molar-refractivity contribution in [3.63, 3.8) is 0 Å². The maximum Gasteiger partial charge on any atom is 0.191 e. The maximum atomic E-state index is 5.55. The highest BCUT2D eigenvalue weighted by atomic mass is 127. The molecule has 1 saturated heterocycles. The molecule has 1 fully saturated rings. The molecule has 1 aromatic heterocycles. The zero-order valence-electron chi connectivity index (χ0n) is 15.4. The van der Waals surface area contributed by atoms with Gasteiger partial charge in [0.25, 0.3) is 0 Å². The Morgan fingerprint density at radius 2 is 1.88 bits per heavy atom. The first-order valence-corrected chi connectivity index (χ1v) is 8.92. The topological polar surface area (TPSA) is 52.8 Å². The molecule has 0 unspecified atom stereocenters. The number of hydrogen-bond donors (Lipinski definition) is 2. The summed E-state index contributed by atoms with van der Waals surface area (Å²) in [5.41, 5.74) is 1.19. The third kappa shape index (κ3) is 7.42. The molecule has 0 aromatic carbocycles. The monoisotopic (exact) mass is 448 g/mol. The standard InChI is InChI=1S/C18H32N4O.HI/c1-15-13-17(16(2)23-15)14-21-18(19-3)20-9-8-12-22-10-6-4-5-7-11-22;/h13H,4-12,14H2,1-3H3,(H2,19,20,21);1H. The van der Waals surface area contributed by atoms with Gasteiger partial charge in [0.2, 0.25) is 0 Å². The lowest BCUT2D eigenvalue weighted by Crippen LogP contribution is -2.38. The van der Waals surface area contributed by atoms with Gasteiger partial charge in [-0.3, -0.25) is 4.99 Å². The molecule has 1 aliphatic rings. The first kappa shape index (κ1) is 21.3. The largest absolute Gasteiger partial charge is 0.466 e. The zero-order valence-corrected chi connectivity index (χ0v) is 17.7. The quantitative estimate of drug-likeness (QED) is 0.303. The Hall–Kier alpha value is -0.760. The van der Waals surface area contributed by atoms with Crippen molar-refractivity contribution in [2.45, 2.75) is 52.5 Å². The number of nitrogens with zero attached hydrogens (tertiary/aromatic N) is 2. The first-order chi connectivity index (χ1) is 11.2. The Kier molecular flexibility index (Phi) is 10.4. The second-order valence-electron chi connectivity index (χ2n) is 6.40. The third-order valence-corrected chi connectivity index (χ3v) is 4.46. The molecular formula is C18H33IN4O. The summed E-state index contributed by atoms with van der Waals surface area (Å²) in [5.74, 6) is 2.80. The lowest BCUT2D eigenvalue weighted by atomic mass is 10.2. The van der Waals surface area contributed by atoms with Gasteiger partial charge in [-0.2, -0.15) is 0 Å². The fraction of sp³-hybridized carbons (Fsp3) is 0.722. The van der Waals surface area contributed by atoms with Crippen LogP contribution in [0.4, 0.5) is 0 Å². The SMILES string of the molecule is CN=C(NCCCN1CCCCCC1)NCc1cc(C)oc1C.I. The highest BCUT2D eigenvalue weighted by Crippen LogP contribution is 2.13. The van der Waals surface area contributed by atoms with Crippen LogP contribution in [0.3, 0.4) is 0 Å². The molecule has 0 spiro atoms. The van der Waals surface area contributed by atoms with Crippen LogP contribution in [0.2, 0.25) is 0 Å². The van der Waals surface area contributed by atoms with Gasteiger partial charge in [0.15, 0.2) is 5.96 Å². The van der Waals surface area contributed by atoms with Gasteiger partial charge in [0, 0.05) is 25.7 Å². The second kappa shape index (κ2) is 11.7. The molecular weight excluding hydrogens is 415 g/mol. The van der Waals surface area contributed by atoms with Crippen LogP contribution >= 0.6 is 24.0 Å². The van der Waals surface area contributed by atoms with Crippen LogP contribution < -0.4 is 10.6 Å². The summed E-state index contributed by atoms with van der Waals surface area (Å²) >= 11 is 0. The van der Waals surface area contributed by atoms with E-state index < -0.39 is 0 Å². The predicted octanol–water partition coefficient (Wildman–Crippen LogP) is 3.45. The van der Waals surface area contributed by atoms with Crippen LogP contribution in [0.5, 0.6) is 0 Å². The van der Waals surface area contributed by atoms with E-state index in [0.29, 0.717) is 0 Å². The highest BCUT2D eigenvalue weighted by Gasteiger charge is 2.08. The normalized spacial score (nSPS) is 16.4. The van der Waals surface area contributed by atoms with Crippen molar-refractivity contribution < 1.29 is 4.42 Å². The average Bonchev–Trinajstić information content (AvgIpc) is 2.74. The third-order valence-electron chi connectivity index (χ3n) is 4.46. The molecule has 2 N–H and O–H groups in total. The number of likely N-dealkylation sites (tertiary alicyclic amines) is 1. The summed E-state index contributed by atoms with van der Waals surface area (Å²) < 4.78 is 5.55.